The van der Waals surface area contributed by atoms with Crippen LogP contribution in [0, 0.1) is 12.7 Å². The highest BCUT2D eigenvalue weighted by Crippen LogP contribution is 2.28. The SMILES string of the molecule is CNCc1cc(-c2ccc(F)cc2C)ccc1Cl. The minimum Gasteiger partial charge on any atom is -0.316 e. The maximum atomic E-state index is 13.1. The van der Waals surface area contributed by atoms with E-state index in [0.29, 0.717) is 6.54 Å². The average Bonchev–Trinajstić information content (AvgIpc) is 2.33. The fourth-order valence-electron chi connectivity index (χ4n) is 2.02. The third-order valence-corrected chi connectivity index (χ3v) is 3.28. The first-order chi connectivity index (χ1) is 8.61. The first-order valence-electron chi connectivity index (χ1n) is 5.81. The van der Waals surface area contributed by atoms with Gasteiger partial charge in [0.1, 0.15) is 5.82 Å². The van der Waals surface area contributed by atoms with Crippen molar-refractivity contribution in [2.75, 3.05) is 7.05 Å². The normalized spacial score (nSPS) is 10.7. The van der Waals surface area contributed by atoms with E-state index >= 15 is 0 Å². The van der Waals surface area contributed by atoms with E-state index in [1.807, 2.05) is 32.2 Å². The Hall–Kier alpha value is -1.38. The highest BCUT2D eigenvalue weighted by atomic mass is 35.5. The topological polar surface area (TPSA) is 12.0 Å². The molecule has 94 valence electrons. The molecular formula is C15H15ClFN. The molecule has 0 saturated carbocycles. The van der Waals surface area contributed by atoms with Crippen molar-refractivity contribution in [2.45, 2.75) is 13.5 Å². The number of hydrogen-bond donors (Lipinski definition) is 1. The maximum absolute atomic E-state index is 13.1. The minimum absolute atomic E-state index is 0.208. The molecule has 3 heteroatoms. The van der Waals surface area contributed by atoms with Crippen molar-refractivity contribution in [3.05, 3.63) is 58.4 Å². The van der Waals surface area contributed by atoms with Gasteiger partial charge in [-0.25, -0.2) is 4.39 Å². The van der Waals surface area contributed by atoms with E-state index in [2.05, 4.69) is 5.32 Å². The van der Waals surface area contributed by atoms with Crippen LogP contribution in [-0.4, -0.2) is 7.05 Å². The van der Waals surface area contributed by atoms with Gasteiger partial charge in [-0.15, -0.1) is 0 Å². The van der Waals surface area contributed by atoms with Crippen LogP contribution < -0.4 is 5.32 Å². The van der Waals surface area contributed by atoms with Gasteiger partial charge in [0.05, 0.1) is 0 Å². The Labute approximate surface area is 112 Å². The minimum atomic E-state index is -0.208. The first kappa shape index (κ1) is 13.1. The average molecular weight is 264 g/mol. The standard InChI is InChI=1S/C15H15ClFN/c1-10-7-13(17)4-5-14(10)11-3-6-15(16)12(8-11)9-18-2/h3-8,18H,9H2,1-2H3. The molecule has 18 heavy (non-hydrogen) atoms. The summed E-state index contributed by atoms with van der Waals surface area (Å²) >= 11 is 6.13. The quantitative estimate of drug-likeness (QED) is 0.876. The molecule has 0 aromatic heterocycles. The first-order valence-corrected chi connectivity index (χ1v) is 6.19. The fraction of sp³-hybridized carbons (Fsp3) is 0.200. The van der Waals surface area contributed by atoms with Crippen LogP contribution >= 0.6 is 11.6 Å². The van der Waals surface area contributed by atoms with Gasteiger partial charge in [0.25, 0.3) is 0 Å². The van der Waals surface area contributed by atoms with Crippen LogP contribution in [0.25, 0.3) is 11.1 Å². The number of aryl methyl sites for hydroxylation is 1. The number of hydrogen-bond acceptors (Lipinski definition) is 1. The van der Waals surface area contributed by atoms with Gasteiger partial charge in [-0.2, -0.15) is 0 Å². The van der Waals surface area contributed by atoms with Crippen LogP contribution in [0.15, 0.2) is 36.4 Å². The molecule has 0 spiro atoms. The molecule has 2 aromatic rings. The molecule has 0 saturated heterocycles. The van der Waals surface area contributed by atoms with Crippen molar-refractivity contribution >= 4 is 11.6 Å². The molecule has 0 fully saturated rings. The molecule has 0 unspecified atom stereocenters. The number of halogens is 2. The summed E-state index contributed by atoms with van der Waals surface area (Å²) in [6, 6.07) is 10.7. The molecule has 2 aromatic carbocycles. The molecular weight excluding hydrogens is 249 g/mol. The Morgan fingerprint density at radius 1 is 1.17 bits per heavy atom. The van der Waals surface area contributed by atoms with E-state index in [-0.39, 0.29) is 5.82 Å². The van der Waals surface area contributed by atoms with Gasteiger partial charge in [0.2, 0.25) is 0 Å². The molecule has 0 aliphatic carbocycles. The Morgan fingerprint density at radius 2 is 1.94 bits per heavy atom. The molecule has 1 nitrogen and oxygen atoms in total. The zero-order chi connectivity index (χ0) is 13.1. The highest BCUT2D eigenvalue weighted by molar-refractivity contribution is 6.31. The van der Waals surface area contributed by atoms with E-state index in [9.17, 15) is 4.39 Å². The molecule has 0 amide bonds. The lowest BCUT2D eigenvalue weighted by molar-refractivity contribution is 0.627. The summed E-state index contributed by atoms with van der Waals surface area (Å²) in [4.78, 5) is 0. The van der Waals surface area contributed by atoms with Gasteiger partial charge >= 0.3 is 0 Å². The Kier molecular flexibility index (Phi) is 4.00. The Bertz CT molecular complexity index is 566. The third kappa shape index (κ3) is 2.71. The summed E-state index contributed by atoms with van der Waals surface area (Å²) in [6.45, 7) is 2.62. The zero-order valence-corrected chi connectivity index (χ0v) is 11.2. The largest absolute Gasteiger partial charge is 0.316 e. The molecule has 0 aliphatic rings. The molecule has 0 heterocycles. The third-order valence-electron chi connectivity index (χ3n) is 2.91. The van der Waals surface area contributed by atoms with Crippen molar-refractivity contribution in [3.63, 3.8) is 0 Å². The summed E-state index contributed by atoms with van der Waals surface area (Å²) in [6.07, 6.45) is 0. The van der Waals surface area contributed by atoms with Gasteiger partial charge < -0.3 is 5.32 Å². The van der Waals surface area contributed by atoms with Crippen LogP contribution in [0.3, 0.4) is 0 Å². The van der Waals surface area contributed by atoms with E-state index < -0.39 is 0 Å². The summed E-state index contributed by atoms with van der Waals surface area (Å²) in [7, 11) is 1.88. The predicted molar refractivity (Wildman–Crippen MR) is 74.3 cm³/mol. The van der Waals surface area contributed by atoms with E-state index in [1.54, 1.807) is 12.1 Å². The van der Waals surface area contributed by atoms with E-state index in [0.717, 1.165) is 27.3 Å². The molecule has 0 atom stereocenters. The molecule has 0 bridgehead atoms. The van der Waals surface area contributed by atoms with Gasteiger partial charge in [-0.1, -0.05) is 23.7 Å². The summed E-state index contributed by atoms with van der Waals surface area (Å²) in [5.74, 6) is -0.208. The maximum Gasteiger partial charge on any atom is 0.123 e. The van der Waals surface area contributed by atoms with Gasteiger partial charge in [0.15, 0.2) is 0 Å². The van der Waals surface area contributed by atoms with Crippen molar-refractivity contribution < 1.29 is 4.39 Å². The highest BCUT2D eigenvalue weighted by Gasteiger charge is 2.06. The van der Waals surface area contributed by atoms with Crippen LogP contribution in [0.1, 0.15) is 11.1 Å². The van der Waals surface area contributed by atoms with Crippen molar-refractivity contribution in [2.24, 2.45) is 0 Å². The van der Waals surface area contributed by atoms with Gasteiger partial charge in [-0.3, -0.25) is 0 Å². The monoisotopic (exact) mass is 263 g/mol. The van der Waals surface area contributed by atoms with Crippen LogP contribution in [0.4, 0.5) is 4.39 Å². The molecule has 1 N–H and O–H groups in total. The lowest BCUT2D eigenvalue weighted by Crippen LogP contribution is -2.05. The lowest BCUT2D eigenvalue weighted by Gasteiger charge is -2.10. The van der Waals surface area contributed by atoms with Crippen LogP contribution in [0.5, 0.6) is 0 Å². The molecule has 0 aliphatic heterocycles. The van der Waals surface area contributed by atoms with Crippen molar-refractivity contribution in [1.82, 2.24) is 5.32 Å². The van der Waals surface area contributed by atoms with Gasteiger partial charge in [0, 0.05) is 11.6 Å². The predicted octanol–water partition coefficient (Wildman–Crippen LogP) is 4.17. The van der Waals surface area contributed by atoms with Gasteiger partial charge in [-0.05, 0) is 60.5 Å². The molecule has 2 rings (SSSR count). The van der Waals surface area contributed by atoms with Crippen molar-refractivity contribution in [3.8, 4) is 11.1 Å². The lowest BCUT2D eigenvalue weighted by atomic mass is 9.99. The Balaban J connectivity index is 2.47. The van der Waals surface area contributed by atoms with E-state index in [4.69, 9.17) is 11.6 Å². The smallest absolute Gasteiger partial charge is 0.123 e. The fourth-order valence-corrected chi connectivity index (χ4v) is 2.20. The van der Waals surface area contributed by atoms with Crippen molar-refractivity contribution in [1.29, 1.82) is 0 Å². The summed E-state index contributed by atoms with van der Waals surface area (Å²) in [5, 5.41) is 3.83. The number of rotatable bonds is 3. The molecule has 0 radical (unpaired) electrons. The van der Waals surface area contributed by atoms with E-state index in [1.165, 1.54) is 6.07 Å². The number of benzene rings is 2. The van der Waals surface area contributed by atoms with Crippen LogP contribution in [0.2, 0.25) is 5.02 Å². The zero-order valence-electron chi connectivity index (χ0n) is 10.4. The van der Waals surface area contributed by atoms with Crippen LogP contribution in [-0.2, 0) is 6.54 Å². The second kappa shape index (κ2) is 5.51. The summed E-state index contributed by atoms with van der Waals surface area (Å²) in [5.41, 5.74) is 4.06. The second-order valence-corrected chi connectivity index (χ2v) is 4.70. The summed E-state index contributed by atoms with van der Waals surface area (Å²) < 4.78 is 13.1. The Morgan fingerprint density at radius 3 is 2.61 bits per heavy atom. The second-order valence-electron chi connectivity index (χ2n) is 4.30. The number of nitrogens with one attached hydrogen (secondary N) is 1.